The lowest BCUT2D eigenvalue weighted by Gasteiger charge is -2.51. The number of carbonyl (C=O) groups excluding carboxylic acids is 3. The first-order valence-electron chi connectivity index (χ1n) is 31.2. The van der Waals surface area contributed by atoms with Gasteiger partial charge in [0.25, 0.3) is 0 Å². The van der Waals surface area contributed by atoms with E-state index in [1.807, 2.05) is 36.2 Å². The fraction of sp³-hybridized carbons (Fsp3) is 0.770. The molecule has 1 aromatic carbocycles. The third-order valence-electron chi connectivity index (χ3n) is 15.2. The van der Waals surface area contributed by atoms with Crippen LogP contribution < -0.4 is 26.2 Å². The van der Waals surface area contributed by atoms with Crippen LogP contribution >= 0.6 is 23.4 Å². The molecule has 6 rings (SSSR count). The van der Waals surface area contributed by atoms with Crippen LogP contribution in [0.15, 0.2) is 48.7 Å². The van der Waals surface area contributed by atoms with Gasteiger partial charge < -0.3 is 78.3 Å². The van der Waals surface area contributed by atoms with Crippen molar-refractivity contribution in [3.63, 3.8) is 0 Å². The van der Waals surface area contributed by atoms with Crippen LogP contribution in [0.1, 0.15) is 64.4 Å². The Hall–Kier alpha value is -3.50. The van der Waals surface area contributed by atoms with Gasteiger partial charge in [-0.15, -0.1) is 0 Å². The number of ether oxygens (including phenoxy) is 11. The molecule has 4 aliphatic heterocycles. The monoisotopic (exact) mass is 1240 g/mol. The lowest BCUT2D eigenvalue weighted by atomic mass is 9.91. The SMILES string of the molecule is CC(C)C[C@H]1CN(C2CCN(c3ccccn3)CC2)[C@@H](Cc2ccc(Cl)cc2)CN1CC(=O)NCCOCCOCCOCCOCCOCCOCCOCCOCCOCCOCCOCCNC(=O)CCCC[C@@H]1SC[C@@H]2NC(=O)N[C@@H]21. The second kappa shape index (κ2) is 44.0. The first-order chi connectivity index (χ1) is 41.7. The maximum Gasteiger partial charge on any atom is 0.315 e. The number of anilines is 1. The number of halogens is 1. The highest BCUT2D eigenvalue weighted by atomic mass is 35.5. The first-order valence-corrected chi connectivity index (χ1v) is 32.6. The van der Waals surface area contributed by atoms with Crippen LogP contribution in [-0.4, -0.2) is 265 Å². The van der Waals surface area contributed by atoms with Crippen LogP contribution in [0.2, 0.25) is 5.02 Å². The number of unbranched alkanes of at least 4 members (excludes halogenated alkanes) is 1. The molecular formula is C61H101ClN8O14S. The van der Waals surface area contributed by atoms with Gasteiger partial charge in [0.05, 0.1) is 164 Å². The lowest BCUT2D eigenvalue weighted by molar-refractivity contribution is -0.125. The Balaban J connectivity index is 0.632. The van der Waals surface area contributed by atoms with E-state index in [-0.39, 0.29) is 36.0 Å². The van der Waals surface area contributed by atoms with Crippen LogP contribution in [0.25, 0.3) is 0 Å². The molecule has 5 atom stereocenters. The van der Waals surface area contributed by atoms with Crippen LogP contribution in [0, 0.1) is 5.92 Å². The summed E-state index contributed by atoms with van der Waals surface area (Å²) in [6.07, 6.45) is 9.31. The van der Waals surface area contributed by atoms with Crippen LogP contribution in [0.4, 0.5) is 10.6 Å². The molecule has 0 radical (unpaired) electrons. The van der Waals surface area contributed by atoms with Gasteiger partial charge >= 0.3 is 6.03 Å². The number of aromatic nitrogens is 1. The van der Waals surface area contributed by atoms with E-state index in [4.69, 9.17) is 63.7 Å². The Morgan fingerprint density at radius 3 is 1.64 bits per heavy atom. The zero-order valence-corrected chi connectivity index (χ0v) is 52.4. The Kier molecular flexibility index (Phi) is 36.6. The Bertz CT molecular complexity index is 2060. The quantitative estimate of drug-likeness (QED) is 0.0529. The minimum Gasteiger partial charge on any atom is -0.377 e. The van der Waals surface area contributed by atoms with Gasteiger partial charge in [-0.1, -0.05) is 50.1 Å². The molecule has 4 amide bonds. The van der Waals surface area contributed by atoms with Gasteiger partial charge in [0.2, 0.25) is 11.8 Å². The minimum atomic E-state index is -0.0638. The van der Waals surface area contributed by atoms with Crippen molar-refractivity contribution in [1.82, 2.24) is 36.1 Å². The van der Waals surface area contributed by atoms with Gasteiger partial charge in [-0.25, -0.2) is 9.78 Å². The molecule has 482 valence electrons. The van der Waals surface area contributed by atoms with Gasteiger partial charge in [-0.2, -0.15) is 11.8 Å². The smallest absolute Gasteiger partial charge is 0.315 e. The standard InChI is InChI=1S/C61H101ClN8O14S/c1-49(2)43-53-46-70(52-14-19-68(20-15-52)57-8-5-6-16-63-57)54(44-50-10-12-51(62)13-11-50)45-69(53)47-59(72)65-18-22-75-24-26-77-28-30-79-32-34-81-36-38-83-40-42-84-41-39-82-37-35-80-33-31-78-29-27-76-25-23-74-21-17-64-58(71)9-4-3-7-56-60-55(48-85-56)66-61(73)67-60/h5-6,8,10-13,16,49,52-56,60H,3-4,7,9,14-15,17-48H2,1-2H3,(H,64,71)(H,65,72)(H2,66,67,73)/t53-,54-,55-,56-,60-/m0/s1. The predicted octanol–water partition coefficient (Wildman–Crippen LogP) is 4.49. The number of piperidine rings is 1. The summed E-state index contributed by atoms with van der Waals surface area (Å²) >= 11 is 8.18. The Morgan fingerprint density at radius 1 is 0.635 bits per heavy atom. The summed E-state index contributed by atoms with van der Waals surface area (Å²) in [5, 5.41) is 13.1. The summed E-state index contributed by atoms with van der Waals surface area (Å²) in [6, 6.07) is 15.8. The highest BCUT2D eigenvalue weighted by Gasteiger charge is 2.43. The normalized spacial score (nSPS) is 20.3. The number of hydrogen-bond donors (Lipinski definition) is 4. The van der Waals surface area contributed by atoms with Gasteiger partial charge in [0.1, 0.15) is 5.82 Å². The molecule has 4 aliphatic rings. The van der Waals surface area contributed by atoms with Crippen molar-refractivity contribution in [2.24, 2.45) is 5.92 Å². The summed E-state index contributed by atoms with van der Waals surface area (Å²) in [7, 11) is 0. The van der Waals surface area contributed by atoms with Crippen LogP contribution in [0.3, 0.4) is 0 Å². The van der Waals surface area contributed by atoms with E-state index < -0.39 is 0 Å². The maximum atomic E-state index is 13.4. The molecule has 0 unspecified atom stereocenters. The fourth-order valence-corrected chi connectivity index (χ4v) is 12.6. The number of nitrogens with zero attached hydrogens (tertiary/aromatic N) is 4. The van der Waals surface area contributed by atoms with Crippen molar-refractivity contribution in [3.8, 4) is 0 Å². The van der Waals surface area contributed by atoms with Crippen molar-refractivity contribution in [2.45, 2.75) is 101 Å². The summed E-state index contributed by atoms with van der Waals surface area (Å²) in [4.78, 5) is 49.2. The topological polar surface area (TPSA) is 223 Å². The van der Waals surface area contributed by atoms with Crippen molar-refractivity contribution in [1.29, 1.82) is 0 Å². The predicted molar refractivity (Wildman–Crippen MR) is 329 cm³/mol. The number of amides is 4. The van der Waals surface area contributed by atoms with Crippen molar-refractivity contribution >= 4 is 47.0 Å². The van der Waals surface area contributed by atoms with Gasteiger partial charge in [0.15, 0.2) is 0 Å². The zero-order chi connectivity index (χ0) is 59.8. The number of carbonyl (C=O) groups is 3. The maximum absolute atomic E-state index is 13.4. The number of fused-ring (bicyclic) bond motifs is 1. The highest BCUT2D eigenvalue weighted by Crippen LogP contribution is 2.33. The third-order valence-corrected chi connectivity index (χ3v) is 16.9. The number of urea groups is 1. The number of piperazine rings is 1. The average Bonchev–Trinajstić information content (AvgIpc) is 2.81. The molecule has 0 spiro atoms. The first kappa shape index (κ1) is 70.6. The molecule has 4 N–H and O–H groups in total. The van der Waals surface area contributed by atoms with Crippen LogP contribution in [0.5, 0.6) is 0 Å². The van der Waals surface area contributed by atoms with E-state index in [0.717, 1.165) is 87.7 Å². The average molecular weight is 1240 g/mol. The van der Waals surface area contributed by atoms with E-state index in [9.17, 15) is 14.4 Å². The fourth-order valence-electron chi connectivity index (χ4n) is 10.9. The summed E-state index contributed by atoms with van der Waals surface area (Å²) in [6.45, 7) is 19.8. The van der Waals surface area contributed by atoms with E-state index in [0.29, 0.717) is 195 Å². The molecule has 4 saturated heterocycles. The number of pyridine rings is 1. The lowest BCUT2D eigenvalue weighted by Crippen LogP contribution is -2.64. The molecule has 0 aliphatic carbocycles. The van der Waals surface area contributed by atoms with Crippen molar-refractivity contribution in [3.05, 3.63) is 59.2 Å². The highest BCUT2D eigenvalue weighted by molar-refractivity contribution is 8.00. The molecule has 22 nitrogen and oxygen atoms in total. The summed E-state index contributed by atoms with van der Waals surface area (Å²) in [5.41, 5.74) is 1.26. The molecule has 0 bridgehead atoms. The Morgan fingerprint density at radius 2 is 1.14 bits per heavy atom. The molecule has 0 saturated carbocycles. The largest absolute Gasteiger partial charge is 0.377 e. The molecule has 24 heteroatoms. The third kappa shape index (κ3) is 30.0. The van der Waals surface area contributed by atoms with Crippen molar-refractivity contribution in [2.75, 3.05) is 202 Å². The van der Waals surface area contributed by atoms with E-state index >= 15 is 0 Å². The number of benzene rings is 1. The number of hydrogen-bond acceptors (Lipinski definition) is 19. The van der Waals surface area contributed by atoms with Gasteiger partial charge in [-0.3, -0.25) is 19.4 Å². The Labute approximate surface area is 515 Å². The molecule has 4 fully saturated rings. The van der Waals surface area contributed by atoms with E-state index in [1.165, 1.54) is 5.56 Å². The molecule has 5 heterocycles. The second-order valence-corrected chi connectivity index (χ2v) is 23.8. The van der Waals surface area contributed by atoms with Crippen molar-refractivity contribution < 1.29 is 66.5 Å². The van der Waals surface area contributed by atoms with Gasteiger partial charge in [-0.05, 0) is 74.3 Å². The second-order valence-electron chi connectivity index (χ2n) is 22.1. The molecule has 85 heavy (non-hydrogen) atoms. The molecular weight excluding hydrogens is 1140 g/mol. The molecule has 1 aromatic heterocycles. The van der Waals surface area contributed by atoms with Crippen LogP contribution in [-0.2, 0) is 68.1 Å². The van der Waals surface area contributed by atoms with E-state index in [2.05, 4.69) is 79.1 Å². The minimum absolute atomic E-state index is 0.0279. The molecule has 2 aromatic rings. The summed E-state index contributed by atoms with van der Waals surface area (Å²) < 4.78 is 61.4. The van der Waals surface area contributed by atoms with Gasteiger partial charge in [0, 0.05) is 86.0 Å². The number of nitrogens with one attached hydrogen (secondary N) is 4. The zero-order valence-electron chi connectivity index (χ0n) is 50.8. The number of thioether (sulfide) groups is 1. The number of rotatable bonds is 49. The summed E-state index contributed by atoms with van der Waals surface area (Å²) in [5.74, 6) is 2.59. The van der Waals surface area contributed by atoms with E-state index in [1.54, 1.807) is 0 Å².